The zero-order chi connectivity index (χ0) is 8.27. The molecule has 0 aliphatic carbocycles. The maximum absolute atomic E-state index is 5.88. The van der Waals surface area contributed by atoms with Crippen LogP contribution in [-0.4, -0.2) is 13.3 Å². The molecule has 11 heavy (non-hydrogen) atoms. The lowest BCUT2D eigenvalue weighted by Crippen LogP contribution is -1.88. The van der Waals surface area contributed by atoms with Crippen LogP contribution < -0.4 is 5.32 Å². The average molecular weight is 188 g/mol. The number of hydrogen-bond donors (Lipinski definition) is 1. The number of thioether (sulfide) groups is 1. The molecule has 1 rings (SSSR count). The van der Waals surface area contributed by atoms with E-state index < -0.39 is 0 Å². The van der Waals surface area contributed by atoms with Gasteiger partial charge in [0.25, 0.3) is 0 Å². The third kappa shape index (κ3) is 2.04. The molecule has 0 fully saturated rings. The van der Waals surface area contributed by atoms with Crippen molar-refractivity contribution in [3.8, 4) is 0 Å². The zero-order valence-corrected chi connectivity index (χ0v) is 8.09. The molecule has 1 N–H and O–H groups in total. The van der Waals surface area contributed by atoms with Crippen molar-refractivity contribution in [2.24, 2.45) is 0 Å². The number of benzene rings is 1. The molecule has 0 aromatic heterocycles. The van der Waals surface area contributed by atoms with Crippen molar-refractivity contribution in [2.45, 2.75) is 4.90 Å². The van der Waals surface area contributed by atoms with Crippen LogP contribution in [0.1, 0.15) is 0 Å². The first-order valence-electron chi connectivity index (χ1n) is 3.29. The van der Waals surface area contributed by atoms with Crippen molar-refractivity contribution in [1.29, 1.82) is 0 Å². The molecule has 1 nitrogen and oxygen atoms in total. The van der Waals surface area contributed by atoms with Gasteiger partial charge in [-0.1, -0.05) is 11.6 Å². The van der Waals surface area contributed by atoms with E-state index in [0.29, 0.717) is 0 Å². The minimum absolute atomic E-state index is 0.769. The van der Waals surface area contributed by atoms with Crippen LogP contribution in [0.4, 0.5) is 5.69 Å². The predicted molar refractivity (Wildman–Crippen MR) is 52.8 cm³/mol. The summed E-state index contributed by atoms with van der Waals surface area (Å²) in [5, 5.41) is 3.79. The van der Waals surface area contributed by atoms with Gasteiger partial charge in [-0.2, -0.15) is 0 Å². The zero-order valence-electron chi connectivity index (χ0n) is 6.52. The summed E-state index contributed by atoms with van der Waals surface area (Å²) in [5.74, 6) is 0. The monoisotopic (exact) mass is 187 g/mol. The molecule has 0 saturated carbocycles. The highest BCUT2D eigenvalue weighted by Crippen LogP contribution is 2.26. The fourth-order valence-electron chi connectivity index (χ4n) is 0.823. The maximum atomic E-state index is 5.88. The van der Waals surface area contributed by atoms with Crippen LogP contribution in [0.5, 0.6) is 0 Å². The summed E-state index contributed by atoms with van der Waals surface area (Å²) in [4.78, 5) is 1.22. The molecule has 0 spiro atoms. The van der Waals surface area contributed by atoms with E-state index in [-0.39, 0.29) is 0 Å². The predicted octanol–water partition coefficient (Wildman–Crippen LogP) is 3.10. The molecule has 1 aromatic rings. The van der Waals surface area contributed by atoms with Gasteiger partial charge in [0.2, 0.25) is 0 Å². The highest BCUT2D eigenvalue weighted by Gasteiger charge is 1.97. The molecule has 0 aliphatic rings. The second-order valence-corrected chi connectivity index (χ2v) is 3.38. The molecule has 0 aliphatic heterocycles. The average Bonchev–Trinajstić information content (AvgIpc) is 2.05. The minimum atomic E-state index is 0.769. The number of anilines is 1. The number of nitrogens with one attached hydrogen (secondary N) is 1. The molecule has 0 heterocycles. The lowest BCUT2D eigenvalue weighted by molar-refractivity contribution is 1.42. The highest BCUT2D eigenvalue weighted by atomic mass is 35.5. The van der Waals surface area contributed by atoms with Crippen LogP contribution >= 0.6 is 23.4 Å². The quantitative estimate of drug-likeness (QED) is 0.715. The number of hydrogen-bond acceptors (Lipinski definition) is 2. The van der Waals surface area contributed by atoms with Gasteiger partial charge in [0.05, 0.1) is 10.7 Å². The SMILES string of the molecule is CNc1cc(SC)ccc1Cl. The van der Waals surface area contributed by atoms with Crippen LogP contribution in [0.15, 0.2) is 23.1 Å². The Labute approximate surface area is 76.1 Å². The van der Waals surface area contributed by atoms with Gasteiger partial charge in [-0.25, -0.2) is 0 Å². The van der Waals surface area contributed by atoms with Gasteiger partial charge in [0.1, 0.15) is 0 Å². The third-order valence-electron chi connectivity index (χ3n) is 1.44. The Bertz CT molecular complexity index is 250. The first-order valence-corrected chi connectivity index (χ1v) is 4.89. The summed E-state index contributed by atoms with van der Waals surface area (Å²) in [6, 6.07) is 5.94. The summed E-state index contributed by atoms with van der Waals surface area (Å²) in [6.45, 7) is 0. The summed E-state index contributed by atoms with van der Waals surface area (Å²) >= 11 is 7.59. The van der Waals surface area contributed by atoms with E-state index in [1.165, 1.54) is 4.90 Å². The lowest BCUT2D eigenvalue weighted by atomic mass is 10.3. The first-order chi connectivity index (χ1) is 5.27. The second-order valence-electron chi connectivity index (χ2n) is 2.10. The Morgan fingerprint density at radius 1 is 1.45 bits per heavy atom. The van der Waals surface area contributed by atoms with Crippen molar-refractivity contribution in [3.63, 3.8) is 0 Å². The Morgan fingerprint density at radius 3 is 2.73 bits per heavy atom. The normalized spacial score (nSPS) is 9.73. The maximum Gasteiger partial charge on any atom is 0.0638 e. The Kier molecular flexibility index (Phi) is 3.09. The van der Waals surface area contributed by atoms with Gasteiger partial charge in [-0.3, -0.25) is 0 Å². The smallest absolute Gasteiger partial charge is 0.0638 e. The van der Waals surface area contributed by atoms with Crippen LogP contribution in [0.25, 0.3) is 0 Å². The summed E-state index contributed by atoms with van der Waals surface area (Å²) in [6.07, 6.45) is 2.04. The molecule has 3 heteroatoms. The minimum Gasteiger partial charge on any atom is -0.387 e. The van der Waals surface area contributed by atoms with E-state index in [0.717, 1.165) is 10.7 Å². The second kappa shape index (κ2) is 3.88. The van der Waals surface area contributed by atoms with Crippen molar-refractivity contribution in [3.05, 3.63) is 23.2 Å². The molecule has 0 saturated heterocycles. The standard InChI is InChI=1S/C8H10ClNS/c1-10-8-5-6(11-2)3-4-7(8)9/h3-5,10H,1-2H3. The van der Waals surface area contributed by atoms with Crippen molar-refractivity contribution >= 4 is 29.1 Å². The molecule has 0 unspecified atom stereocenters. The number of rotatable bonds is 2. The summed E-state index contributed by atoms with van der Waals surface area (Å²) < 4.78 is 0. The Morgan fingerprint density at radius 2 is 2.18 bits per heavy atom. The number of halogens is 1. The molecule has 0 atom stereocenters. The van der Waals surface area contributed by atoms with E-state index >= 15 is 0 Å². The summed E-state index contributed by atoms with van der Waals surface area (Å²) in [7, 11) is 1.87. The van der Waals surface area contributed by atoms with E-state index in [1.807, 2.05) is 31.5 Å². The molecular weight excluding hydrogens is 178 g/mol. The van der Waals surface area contributed by atoms with Gasteiger partial charge >= 0.3 is 0 Å². The van der Waals surface area contributed by atoms with Gasteiger partial charge in [0.15, 0.2) is 0 Å². The third-order valence-corrected chi connectivity index (χ3v) is 2.50. The fourth-order valence-corrected chi connectivity index (χ4v) is 1.47. The van der Waals surface area contributed by atoms with Crippen LogP contribution in [0.2, 0.25) is 5.02 Å². The van der Waals surface area contributed by atoms with E-state index in [4.69, 9.17) is 11.6 Å². The first kappa shape index (κ1) is 8.75. The van der Waals surface area contributed by atoms with Crippen LogP contribution in [-0.2, 0) is 0 Å². The summed E-state index contributed by atoms with van der Waals surface area (Å²) in [5.41, 5.74) is 0.985. The van der Waals surface area contributed by atoms with E-state index in [1.54, 1.807) is 11.8 Å². The lowest BCUT2D eigenvalue weighted by Gasteiger charge is -2.04. The van der Waals surface area contributed by atoms with Gasteiger partial charge in [0, 0.05) is 11.9 Å². The largest absolute Gasteiger partial charge is 0.387 e. The molecular formula is C8H10ClNS. The molecule has 0 amide bonds. The van der Waals surface area contributed by atoms with Crippen LogP contribution in [0, 0.1) is 0 Å². The molecule has 0 bridgehead atoms. The Balaban J connectivity index is 3.02. The van der Waals surface area contributed by atoms with Gasteiger partial charge in [-0.15, -0.1) is 11.8 Å². The Hall–Kier alpha value is -0.340. The van der Waals surface area contributed by atoms with E-state index in [9.17, 15) is 0 Å². The van der Waals surface area contributed by atoms with Gasteiger partial charge < -0.3 is 5.32 Å². The van der Waals surface area contributed by atoms with Crippen molar-refractivity contribution < 1.29 is 0 Å². The topological polar surface area (TPSA) is 12.0 Å². The van der Waals surface area contributed by atoms with Crippen LogP contribution in [0.3, 0.4) is 0 Å². The molecule has 1 aromatic carbocycles. The van der Waals surface area contributed by atoms with Gasteiger partial charge in [-0.05, 0) is 24.5 Å². The fraction of sp³-hybridized carbons (Fsp3) is 0.250. The molecule has 0 radical (unpaired) electrons. The molecule has 60 valence electrons. The van der Waals surface area contributed by atoms with Crippen molar-refractivity contribution in [2.75, 3.05) is 18.6 Å². The highest BCUT2D eigenvalue weighted by molar-refractivity contribution is 7.98. The van der Waals surface area contributed by atoms with Crippen molar-refractivity contribution in [1.82, 2.24) is 0 Å². The van der Waals surface area contributed by atoms with E-state index in [2.05, 4.69) is 5.32 Å².